The molecule has 2 aromatic rings. The first-order valence-corrected chi connectivity index (χ1v) is 9.48. The Morgan fingerprint density at radius 2 is 2.05 bits per heavy atom. The molecule has 3 N–H and O–H groups in total. The molecular weight excluding hydrogens is 374 g/mol. The summed E-state index contributed by atoms with van der Waals surface area (Å²) >= 11 is 4.67. The smallest absolute Gasteiger partial charge is 0.233 e. The third kappa shape index (κ3) is 4.90. The Morgan fingerprint density at radius 3 is 2.76 bits per heavy atom. The largest absolute Gasteiger partial charge is 0.398 e. The van der Waals surface area contributed by atoms with Crippen molar-refractivity contribution in [2.45, 2.75) is 4.90 Å². The van der Waals surface area contributed by atoms with E-state index in [0.29, 0.717) is 21.6 Å². The van der Waals surface area contributed by atoms with E-state index in [1.165, 1.54) is 24.2 Å². The summed E-state index contributed by atoms with van der Waals surface area (Å²) in [5.74, 6) is 0.424. The van der Waals surface area contributed by atoms with Crippen LogP contribution in [0.15, 0.2) is 52.1 Å². The molecule has 112 valence electrons. The summed E-state index contributed by atoms with van der Waals surface area (Å²) in [6, 6.07) is 8.99. The minimum atomic E-state index is -3.41. The average Bonchev–Trinajstić information content (AvgIpc) is 2.43. The highest BCUT2D eigenvalue weighted by Gasteiger charge is 2.12. The summed E-state index contributed by atoms with van der Waals surface area (Å²) < 4.78 is 27.2. The molecule has 0 saturated carbocycles. The van der Waals surface area contributed by atoms with E-state index in [0.717, 1.165) is 4.90 Å². The topological polar surface area (TPSA) is 85.1 Å². The Balaban J connectivity index is 1.93. The number of anilines is 2. The summed E-state index contributed by atoms with van der Waals surface area (Å²) in [6.45, 7) is 0. The second-order valence-electron chi connectivity index (χ2n) is 4.16. The number of halogens is 1. The monoisotopic (exact) mass is 387 g/mol. The SMILES string of the molecule is Nc1ccccc1SCCS(=O)(=O)Nc1ccncc1Br. The van der Waals surface area contributed by atoms with Crippen LogP contribution in [0.2, 0.25) is 0 Å². The third-order valence-electron chi connectivity index (χ3n) is 2.57. The normalized spacial score (nSPS) is 11.3. The van der Waals surface area contributed by atoms with Gasteiger partial charge in [0.1, 0.15) is 0 Å². The molecule has 0 unspecified atom stereocenters. The van der Waals surface area contributed by atoms with Gasteiger partial charge in [0.25, 0.3) is 0 Å². The summed E-state index contributed by atoms with van der Waals surface area (Å²) in [7, 11) is -3.41. The molecule has 0 fully saturated rings. The van der Waals surface area contributed by atoms with Crippen LogP contribution < -0.4 is 10.5 Å². The van der Waals surface area contributed by atoms with Gasteiger partial charge in [0.15, 0.2) is 0 Å². The van der Waals surface area contributed by atoms with Gasteiger partial charge in [-0.15, -0.1) is 11.8 Å². The van der Waals surface area contributed by atoms with Crippen LogP contribution in [0.1, 0.15) is 0 Å². The van der Waals surface area contributed by atoms with Crippen molar-refractivity contribution in [3.63, 3.8) is 0 Å². The van der Waals surface area contributed by atoms with E-state index < -0.39 is 10.0 Å². The molecule has 0 aliphatic rings. The lowest BCUT2D eigenvalue weighted by Gasteiger charge is -2.09. The highest BCUT2D eigenvalue weighted by molar-refractivity contribution is 9.10. The number of aromatic nitrogens is 1. The van der Waals surface area contributed by atoms with Gasteiger partial charge in [-0.3, -0.25) is 9.71 Å². The molecule has 0 spiro atoms. The summed E-state index contributed by atoms with van der Waals surface area (Å²) in [4.78, 5) is 4.77. The molecule has 1 aromatic heterocycles. The number of hydrogen-bond acceptors (Lipinski definition) is 5. The van der Waals surface area contributed by atoms with Crippen LogP contribution in [0.25, 0.3) is 0 Å². The fourth-order valence-electron chi connectivity index (χ4n) is 1.55. The molecule has 1 aromatic carbocycles. The Morgan fingerprint density at radius 1 is 1.29 bits per heavy atom. The maximum absolute atomic E-state index is 12.0. The number of hydrogen-bond donors (Lipinski definition) is 2. The number of nitrogens with one attached hydrogen (secondary N) is 1. The van der Waals surface area contributed by atoms with Crippen LogP contribution in [0.3, 0.4) is 0 Å². The fraction of sp³-hybridized carbons (Fsp3) is 0.154. The predicted molar refractivity (Wildman–Crippen MR) is 90.9 cm³/mol. The highest BCUT2D eigenvalue weighted by Crippen LogP contribution is 2.25. The van der Waals surface area contributed by atoms with Gasteiger partial charge in [-0.2, -0.15) is 0 Å². The summed E-state index contributed by atoms with van der Waals surface area (Å²) in [6.07, 6.45) is 3.07. The van der Waals surface area contributed by atoms with Crippen molar-refractivity contribution >= 4 is 49.1 Å². The number of nitrogens with two attached hydrogens (primary N) is 1. The lowest BCUT2D eigenvalue weighted by Crippen LogP contribution is -2.18. The molecule has 5 nitrogen and oxygen atoms in total. The Hall–Kier alpha value is -1.25. The molecular formula is C13H14BrN3O2S2. The second kappa shape index (κ2) is 7.15. The van der Waals surface area contributed by atoms with Crippen LogP contribution >= 0.6 is 27.7 Å². The van der Waals surface area contributed by atoms with E-state index in [9.17, 15) is 8.42 Å². The van der Waals surface area contributed by atoms with Crippen LogP contribution in [-0.2, 0) is 10.0 Å². The predicted octanol–water partition coefficient (Wildman–Crippen LogP) is 2.96. The number of nitrogens with zero attached hydrogens (tertiary/aromatic N) is 1. The average molecular weight is 388 g/mol. The Kier molecular flexibility index (Phi) is 5.49. The third-order valence-corrected chi connectivity index (χ3v) is 5.82. The molecule has 8 heteroatoms. The van der Waals surface area contributed by atoms with E-state index in [1.54, 1.807) is 12.1 Å². The maximum Gasteiger partial charge on any atom is 0.233 e. The summed E-state index contributed by atoms with van der Waals surface area (Å²) in [5.41, 5.74) is 6.95. The minimum absolute atomic E-state index is 0.000758. The number of rotatable bonds is 6. The number of sulfonamides is 1. The molecule has 0 aliphatic carbocycles. The van der Waals surface area contributed by atoms with E-state index >= 15 is 0 Å². The van der Waals surface area contributed by atoms with Crippen LogP contribution in [0.5, 0.6) is 0 Å². The van der Waals surface area contributed by atoms with Gasteiger partial charge < -0.3 is 5.73 Å². The van der Waals surface area contributed by atoms with Crippen LogP contribution in [0, 0.1) is 0 Å². The van der Waals surface area contributed by atoms with Crippen molar-refractivity contribution in [2.75, 3.05) is 22.0 Å². The second-order valence-corrected chi connectivity index (χ2v) is 8.00. The molecule has 0 radical (unpaired) electrons. The van der Waals surface area contributed by atoms with Gasteiger partial charge in [-0.05, 0) is 34.1 Å². The van der Waals surface area contributed by atoms with Crippen LogP contribution in [-0.4, -0.2) is 24.9 Å². The lowest BCUT2D eigenvalue weighted by molar-refractivity contribution is 0.602. The number of nitrogen functional groups attached to an aromatic ring is 1. The summed E-state index contributed by atoms with van der Waals surface area (Å²) in [5, 5.41) is 0. The van der Waals surface area contributed by atoms with Crippen molar-refractivity contribution in [3.8, 4) is 0 Å². The van der Waals surface area contributed by atoms with Crippen molar-refractivity contribution < 1.29 is 8.42 Å². The molecule has 0 bridgehead atoms. The number of thioether (sulfide) groups is 1. The van der Waals surface area contributed by atoms with Gasteiger partial charge >= 0.3 is 0 Å². The van der Waals surface area contributed by atoms with Crippen molar-refractivity contribution in [1.82, 2.24) is 4.98 Å². The van der Waals surface area contributed by atoms with Gasteiger partial charge in [0.05, 0.1) is 15.9 Å². The van der Waals surface area contributed by atoms with Gasteiger partial charge in [-0.1, -0.05) is 12.1 Å². The zero-order valence-electron chi connectivity index (χ0n) is 11.0. The lowest BCUT2D eigenvalue weighted by atomic mass is 10.3. The molecule has 0 aliphatic heterocycles. The highest BCUT2D eigenvalue weighted by atomic mass is 79.9. The molecule has 0 saturated heterocycles. The molecule has 0 amide bonds. The van der Waals surface area contributed by atoms with Gasteiger partial charge in [-0.25, -0.2) is 8.42 Å². The van der Waals surface area contributed by atoms with E-state index in [1.807, 2.05) is 18.2 Å². The van der Waals surface area contributed by atoms with Gasteiger partial charge in [0.2, 0.25) is 10.0 Å². The van der Waals surface area contributed by atoms with Crippen molar-refractivity contribution in [1.29, 1.82) is 0 Å². The van der Waals surface area contributed by atoms with Crippen molar-refractivity contribution in [3.05, 3.63) is 47.2 Å². The first kappa shape index (κ1) is 16.1. The number of para-hydroxylation sites is 1. The molecule has 2 rings (SSSR count). The van der Waals surface area contributed by atoms with E-state index in [-0.39, 0.29) is 5.75 Å². The maximum atomic E-state index is 12.0. The Bertz CT molecular complexity index is 723. The van der Waals surface area contributed by atoms with E-state index in [4.69, 9.17) is 5.73 Å². The van der Waals surface area contributed by atoms with Gasteiger partial charge in [0, 0.05) is 28.7 Å². The zero-order chi connectivity index (χ0) is 15.3. The standard InChI is InChI=1S/C13H14BrN3O2S2/c14-10-9-16-6-5-12(10)17-21(18,19)8-7-20-13-4-2-1-3-11(13)15/h1-6,9H,7-8,15H2,(H,16,17). The first-order valence-electron chi connectivity index (χ1n) is 6.05. The van der Waals surface area contributed by atoms with Crippen molar-refractivity contribution in [2.24, 2.45) is 0 Å². The number of benzene rings is 1. The van der Waals surface area contributed by atoms with Crippen LogP contribution in [0.4, 0.5) is 11.4 Å². The molecule has 1 heterocycles. The first-order chi connectivity index (χ1) is 9.98. The zero-order valence-corrected chi connectivity index (χ0v) is 14.2. The Labute approximate surface area is 136 Å². The number of pyridine rings is 1. The molecule has 0 atom stereocenters. The minimum Gasteiger partial charge on any atom is -0.398 e. The molecule has 21 heavy (non-hydrogen) atoms. The quantitative estimate of drug-likeness (QED) is 0.587. The fourth-order valence-corrected chi connectivity index (χ4v) is 4.49. The van der Waals surface area contributed by atoms with E-state index in [2.05, 4.69) is 25.6 Å².